The average Bonchev–Trinajstić information content (AvgIpc) is 2.62. The molecule has 0 bridgehead atoms. The lowest BCUT2D eigenvalue weighted by atomic mass is 9.80. The summed E-state index contributed by atoms with van der Waals surface area (Å²) in [6.45, 7) is 8.56. The Labute approximate surface area is 108 Å². The van der Waals surface area contributed by atoms with E-state index in [1.807, 2.05) is 11.3 Å². The first kappa shape index (κ1) is 13.1. The molecule has 2 rings (SSSR count). The summed E-state index contributed by atoms with van der Waals surface area (Å²) in [5.41, 5.74) is 1.49. The van der Waals surface area contributed by atoms with Crippen LogP contribution in [0, 0.1) is 25.7 Å². The predicted molar refractivity (Wildman–Crippen MR) is 73.7 cm³/mol. The third-order valence-electron chi connectivity index (χ3n) is 3.86. The number of ether oxygens (including phenoxy) is 1. The molecule has 0 radical (unpaired) electrons. The lowest BCUT2D eigenvalue weighted by Gasteiger charge is -2.35. The molecule has 1 saturated heterocycles. The van der Waals surface area contributed by atoms with Gasteiger partial charge in [-0.2, -0.15) is 0 Å². The molecule has 1 fully saturated rings. The van der Waals surface area contributed by atoms with Crippen molar-refractivity contribution in [3.63, 3.8) is 0 Å². The van der Waals surface area contributed by atoms with E-state index in [0.717, 1.165) is 13.2 Å². The second-order valence-corrected chi connectivity index (χ2v) is 6.60. The first-order valence-corrected chi connectivity index (χ1v) is 7.27. The van der Waals surface area contributed by atoms with Crippen LogP contribution < -0.4 is 5.32 Å². The lowest BCUT2D eigenvalue weighted by molar-refractivity contribution is 0.0115. The lowest BCUT2D eigenvalue weighted by Crippen LogP contribution is -2.35. The van der Waals surface area contributed by atoms with Crippen molar-refractivity contribution >= 4 is 11.3 Å². The molecular weight excluding hydrogens is 230 g/mol. The Kier molecular flexibility index (Phi) is 4.23. The fourth-order valence-electron chi connectivity index (χ4n) is 2.95. The molecule has 0 amide bonds. The number of thiophene rings is 1. The van der Waals surface area contributed by atoms with E-state index < -0.39 is 0 Å². The molecule has 0 aliphatic carbocycles. The van der Waals surface area contributed by atoms with Gasteiger partial charge in [0.15, 0.2) is 0 Å². The van der Waals surface area contributed by atoms with Crippen molar-refractivity contribution < 1.29 is 4.74 Å². The smallest absolute Gasteiger partial charge is 0.0494 e. The summed E-state index contributed by atoms with van der Waals surface area (Å²) < 4.78 is 5.55. The Hall–Kier alpha value is -0.380. The van der Waals surface area contributed by atoms with Gasteiger partial charge in [-0.1, -0.05) is 6.92 Å². The van der Waals surface area contributed by atoms with Crippen molar-refractivity contribution in [1.82, 2.24) is 5.32 Å². The third-order valence-corrected chi connectivity index (χ3v) is 4.84. The minimum atomic E-state index is 0.485. The zero-order valence-corrected chi connectivity index (χ0v) is 12.1. The number of hydrogen-bond donors (Lipinski definition) is 1. The summed E-state index contributed by atoms with van der Waals surface area (Å²) in [4.78, 5) is 2.87. The van der Waals surface area contributed by atoms with Crippen LogP contribution >= 0.6 is 11.3 Å². The first-order chi connectivity index (χ1) is 8.13. The van der Waals surface area contributed by atoms with Gasteiger partial charge in [-0.15, -0.1) is 11.3 Å². The van der Waals surface area contributed by atoms with Crippen LogP contribution in [0.3, 0.4) is 0 Å². The summed E-state index contributed by atoms with van der Waals surface area (Å²) in [6.07, 6.45) is 1.17. The van der Waals surface area contributed by atoms with Gasteiger partial charge in [-0.25, -0.2) is 0 Å². The average molecular weight is 253 g/mol. The van der Waals surface area contributed by atoms with Crippen molar-refractivity contribution in [3.05, 3.63) is 21.4 Å². The Morgan fingerprint density at radius 1 is 1.47 bits per heavy atom. The predicted octanol–water partition coefficient (Wildman–Crippen LogP) is 3.30. The van der Waals surface area contributed by atoms with Gasteiger partial charge >= 0.3 is 0 Å². The molecule has 3 atom stereocenters. The molecule has 0 aromatic carbocycles. The first-order valence-electron chi connectivity index (χ1n) is 6.45. The number of nitrogens with one attached hydrogen (secondary N) is 1. The highest BCUT2D eigenvalue weighted by atomic mass is 32.1. The van der Waals surface area contributed by atoms with Crippen LogP contribution in [0.1, 0.15) is 34.7 Å². The van der Waals surface area contributed by atoms with Crippen molar-refractivity contribution in [2.24, 2.45) is 11.8 Å². The Morgan fingerprint density at radius 3 is 2.76 bits per heavy atom. The molecule has 1 aromatic heterocycles. The highest BCUT2D eigenvalue weighted by Crippen LogP contribution is 2.37. The van der Waals surface area contributed by atoms with Gasteiger partial charge in [0.05, 0.1) is 0 Å². The molecule has 1 N–H and O–H groups in total. The van der Waals surface area contributed by atoms with Gasteiger partial charge in [0.25, 0.3) is 0 Å². The molecule has 17 heavy (non-hydrogen) atoms. The van der Waals surface area contributed by atoms with E-state index in [9.17, 15) is 0 Å². The minimum absolute atomic E-state index is 0.485. The van der Waals surface area contributed by atoms with E-state index in [1.165, 1.54) is 21.7 Å². The molecule has 1 aromatic rings. The molecule has 3 unspecified atom stereocenters. The maximum Gasteiger partial charge on any atom is 0.0494 e. The SMILES string of the molecule is CNC(c1cc(C)sc1C)C1CCOCC1C. The highest BCUT2D eigenvalue weighted by Gasteiger charge is 2.31. The molecule has 3 heteroatoms. The molecule has 96 valence electrons. The summed E-state index contributed by atoms with van der Waals surface area (Å²) in [7, 11) is 2.08. The van der Waals surface area contributed by atoms with E-state index >= 15 is 0 Å². The molecule has 1 aliphatic heterocycles. The summed E-state index contributed by atoms with van der Waals surface area (Å²) in [6, 6.07) is 2.84. The van der Waals surface area contributed by atoms with E-state index in [1.54, 1.807) is 0 Å². The van der Waals surface area contributed by atoms with Crippen LogP contribution in [0.5, 0.6) is 0 Å². The van der Waals surface area contributed by atoms with Gasteiger partial charge in [-0.3, -0.25) is 0 Å². The van der Waals surface area contributed by atoms with E-state index in [-0.39, 0.29) is 0 Å². The van der Waals surface area contributed by atoms with Crippen molar-refractivity contribution in [3.8, 4) is 0 Å². The second-order valence-electron chi connectivity index (χ2n) is 5.14. The van der Waals surface area contributed by atoms with Crippen molar-refractivity contribution in [2.45, 2.75) is 33.2 Å². The monoisotopic (exact) mass is 253 g/mol. The highest BCUT2D eigenvalue weighted by molar-refractivity contribution is 7.12. The van der Waals surface area contributed by atoms with Gasteiger partial charge in [0, 0.05) is 29.0 Å². The van der Waals surface area contributed by atoms with Crippen LogP contribution in [-0.2, 0) is 4.74 Å². The van der Waals surface area contributed by atoms with Crippen LogP contribution in [0.2, 0.25) is 0 Å². The summed E-state index contributed by atoms with van der Waals surface area (Å²) in [5.74, 6) is 1.34. The topological polar surface area (TPSA) is 21.3 Å². The molecule has 2 heterocycles. The number of rotatable bonds is 3. The van der Waals surface area contributed by atoms with E-state index in [4.69, 9.17) is 4.74 Å². The molecule has 2 nitrogen and oxygen atoms in total. The second kappa shape index (κ2) is 5.51. The van der Waals surface area contributed by atoms with Crippen molar-refractivity contribution in [1.29, 1.82) is 0 Å². The van der Waals surface area contributed by atoms with E-state index in [0.29, 0.717) is 17.9 Å². The summed E-state index contributed by atoms with van der Waals surface area (Å²) in [5, 5.41) is 3.52. The fraction of sp³-hybridized carbons (Fsp3) is 0.714. The Morgan fingerprint density at radius 2 is 2.24 bits per heavy atom. The van der Waals surface area contributed by atoms with Crippen LogP contribution in [0.25, 0.3) is 0 Å². The van der Waals surface area contributed by atoms with Crippen LogP contribution in [0.15, 0.2) is 6.07 Å². The largest absolute Gasteiger partial charge is 0.381 e. The zero-order valence-electron chi connectivity index (χ0n) is 11.2. The molecule has 0 spiro atoms. The van der Waals surface area contributed by atoms with Crippen molar-refractivity contribution in [2.75, 3.05) is 20.3 Å². The van der Waals surface area contributed by atoms with E-state index in [2.05, 4.69) is 39.2 Å². The minimum Gasteiger partial charge on any atom is -0.381 e. The zero-order chi connectivity index (χ0) is 12.4. The standard InChI is InChI=1S/C14H23NOS/c1-9-8-16-6-5-12(9)14(15-4)13-7-10(2)17-11(13)3/h7,9,12,14-15H,5-6,8H2,1-4H3. The number of aryl methyl sites for hydroxylation is 2. The third kappa shape index (κ3) is 2.72. The van der Waals surface area contributed by atoms with Gasteiger partial charge < -0.3 is 10.1 Å². The molecule has 0 saturated carbocycles. The van der Waals surface area contributed by atoms with Gasteiger partial charge in [0.2, 0.25) is 0 Å². The quantitative estimate of drug-likeness (QED) is 0.892. The molecule has 1 aliphatic rings. The summed E-state index contributed by atoms with van der Waals surface area (Å²) >= 11 is 1.91. The normalized spacial score (nSPS) is 27.1. The fourth-order valence-corrected chi connectivity index (χ4v) is 3.92. The van der Waals surface area contributed by atoms with Gasteiger partial charge in [-0.05, 0) is 50.8 Å². The Balaban J connectivity index is 2.23. The maximum absolute atomic E-state index is 5.55. The Bertz CT molecular complexity index is 374. The number of hydrogen-bond acceptors (Lipinski definition) is 3. The molecular formula is C14H23NOS. The van der Waals surface area contributed by atoms with Gasteiger partial charge in [0.1, 0.15) is 0 Å². The van der Waals surface area contributed by atoms with Crippen LogP contribution in [0.4, 0.5) is 0 Å². The van der Waals surface area contributed by atoms with Crippen LogP contribution in [-0.4, -0.2) is 20.3 Å². The maximum atomic E-state index is 5.55.